The molecular formula is C66H87LiN6O17S4. The van der Waals surface area contributed by atoms with E-state index in [9.17, 15) is 47.9 Å². The van der Waals surface area contributed by atoms with Gasteiger partial charge >= 0.3 is 54.9 Å². The average molecular weight is 1370 g/mol. The maximum Gasteiger partial charge on any atom is 1.00 e. The molecular weight excluding hydrogens is 1280 g/mol. The van der Waals surface area contributed by atoms with Crippen LogP contribution in [0.2, 0.25) is 0 Å². The molecule has 6 rings (SSSR count). The van der Waals surface area contributed by atoms with E-state index >= 15 is 0 Å². The Bertz CT molecular complexity index is 3090. The second-order valence-electron chi connectivity index (χ2n) is 23.7. The molecule has 508 valence electrons. The summed E-state index contributed by atoms with van der Waals surface area (Å²) in [6, 6.07) is 28.1. The number of hydrogen-bond acceptors (Lipinski definition) is 19. The van der Waals surface area contributed by atoms with E-state index in [1.807, 2.05) is 60.7 Å². The maximum absolute atomic E-state index is 13.1. The number of hydrogen-bond donors (Lipinski definition) is 8. The van der Waals surface area contributed by atoms with E-state index in [1.54, 1.807) is 21.6 Å². The summed E-state index contributed by atoms with van der Waals surface area (Å²) >= 11 is 0. The molecule has 4 unspecified atom stereocenters. The van der Waals surface area contributed by atoms with Crippen LogP contribution in [0, 0.1) is 0 Å². The number of esters is 2. The van der Waals surface area contributed by atoms with Gasteiger partial charge in [-0.15, -0.1) is 0 Å². The van der Waals surface area contributed by atoms with E-state index in [0.717, 1.165) is 44.5 Å². The predicted octanol–water partition coefficient (Wildman–Crippen LogP) is 6.59. The van der Waals surface area contributed by atoms with Gasteiger partial charge in [-0.3, -0.25) is 28.8 Å². The second-order valence-corrected chi connectivity index (χ2v) is 30.0. The van der Waals surface area contributed by atoms with Crippen LogP contribution in [0.5, 0.6) is 0 Å². The molecule has 0 aliphatic heterocycles. The van der Waals surface area contributed by atoms with Crippen molar-refractivity contribution >= 4 is 103 Å². The van der Waals surface area contributed by atoms with E-state index in [0.29, 0.717) is 63.1 Å². The Balaban J connectivity index is 0.000000480. The molecule has 0 spiro atoms. The first-order valence-corrected chi connectivity index (χ1v) is 35.0. The number of unbranched alkanes of at least 4 members (excludes halogenated alkanes) is 4. The van der Waals surface area contributed by atoms with Gasteiger partial charge < -0.3 is 66.5 Å². The quantitative estimate of drug-likeness (QED) is 0.00803. The van der Waals surface area contributed by atoms with Gasteiger partial charge in [-0.2, -0.15) is 0 Å². The van der Waals surface area contributed by atoms with Crippen LogP contribution in [0.15, 0.2) is 97.1 Å². The van der Waals surface area contributed by atoms with Gasteiger partial charge in [-0.1, -0.05) is 195 Å². The van der Waals surface area contributed by atoms with Crippen LogP contribution in [-0.4, -0.2) is 161 Å². The van der Waals surface area contributed by atoms with Crippen molar-refractivity contribution in [1.82, 2.24) is 31.9 Å². The monoisotopic (exact) mass is 1370 g/mol. The molecule has 0 saturated carbocycles. The standard InChI is InChI=1S/C34H45N3O8S2.C32H41N3O8S2.Li.H2O/c1-34(2,3)47-46-21-28(31(40)35-18-12-6-7-17-29(38)36-27(32(41)44-5)19-30(39)43-4)37-33(42)45-20-26-24-15-10-8-13-22(24)23-14-9-11-16-25(23)26;1-32(2,3)45-44-19-26(29(39)33-16-10-4-5-15-27(36)34-25(30(40)41)17-28(37)38)35-31(42)43-18-24-22-13-8-6-11-20(22)21-12-7-9-14-23(21)24;;/h8-11,13-16,26-28H,6-7,12,17-21H2,1-5H3,(H,35,40)(H,36,38)(H,37,42);6-9,11-14,24-26H,4-5,10,15-19H2,1-3H3,(H,33,39)(H,34,36)(H,35,42)(H,37,38)(H,40,41);;1H2/q;;+1;/p-1. The SMILES string of the molecule is CC(C)(C)SSCC(NC(=O)OCC1c2ccccc2-c2ccccc21)C(=O)NCCCCCC(=O)NC(CC(=O)O)C(=O)O.COC(=O)CC(NC(=O)CCCCCNC(=O)C(CSSC(C)(C)C)NC(=O)OCC1c2ccccc2-c2ccccc21)C(=O)OC.[Li+].[OH-]. The number of nitrogens with one attached hydrogen (secondary N) is 6. The third-order valence-corrected chi connectivity index (χ3v) is 20.9. The fourth-order valence-corrected chi connectivity index (χ4v) is 14.8. The zero-order chi connectivity index (χ0) is 67.4. The molecule has 0 heterocycles. The zero-order valence-corrected chi connectivity index (χ0v) is 58.0. The summed E-state index contributed by atoms with van der Waals surface area (Å²) in [6.45, 7) is 13.4. The fraction of sp³-hybridized carbons (Fsp3) is 0.485. The van der Waals surface area contributed by atoms with Gasteiger partial charge in [0, 0.05) is 58.8 Å². The van der Waals surface area contributed by atoms with Gasteiger partial charge in [0.2, 0.25) is 23.6 Å². The molecule has 6 amide bonds. The molecule has 4 atom stereocenters. The van der Waals surface area contributed by atoms with Gasteiger partial charge in [-0.05, 0) is 70.2 Å². The Kier molecular flexibility index (Phi) is 35.6. The Morgan fingerprint density at radius 2 is 0.840 bits per heavy atom. The molecule has 4 aromatic rings. The predicted molar refractivity (Wildman–Crippen MR) is 361 cm³/mol. The average Bonchev–Trinajstić information content (AvgIpc) is 1.63. The van der Waals surface area contributed by atoms with Crippen molar-refractivity contribution in [3.05, 3.63) is 119 Å². The molecule has 4 aromatic carbocycles. The molecule has 0 radical (unpaired) electrons. The van der Waals surface area contributed by atoms with Crippen LogP contribution < -0.4 is 50.8 Å². The third kappa shape index (κ3) is 27.8. The van der Waals surface area contributed by atoms with E-state index < -0.39 is 78.5 Å². The van der Waals surface area contributed by atoms with E-state index in [-0.39, 0.29) is 90.0 Å². The van der Waals surface area contributed by atoms with Crippen LogP contribution in [0.4, 0.5) is 9.59 Å². The molecule has 0 bridgehead atoms. The summed E-state index contributed by atoms with van der Waals surface area (Å²) in [5.41, 5.74) is 8.92. The molecule has 9 N–H and O–H groups in total. The summed E-state index contributed by atoms with van der Waals surface area (Å²) in [6.07, 6.45) is 1.11. The molecule has 94 heavy (non-hydrogen) atoms. The molecule has 0 aromatic heterocycles. The minimum atomic E-state index is -1.48. The van der Waals surface area contributed by atoms with Crippen molar-refractivity contribution < 1.29 is 101 Å². The number of amides is 6. The Morgan fingerprint density at radius 3 is 1.17 bits per heavy atom. The number of carboxylic acid groups (broad SMARTS) is 2. The number of benzene rings is 4. The van der Waals surface area contributed by atoms with E-state index in [2.05, 4.69) is 119 Å². The number of carbonyl (C=O) groups excluding carboxylic acids is 8. The van der Waals surface area contributed by atoms with Gasteiger partial charge in [0.25, 0.3) is 0 Å². The first-order valence-electron chi connectivity index (χ1n) is 30.4. The van der Waals surface area contributed by atoms with Crippen molar-refractivity contribution in [1.29, 1.82) is 0 Å². The second kappa shape index (κ2) is 41.2. The summed E-state index contributed by atoms with van der Waals surface area (Å²) in [5, 5.41) is 33.8. The van der Waals surface area contributed by atoms with Crippen molar-refractivity contribution in [2.45, 2.75) is 151 Å². The topological polar surface area (TPSA) is 350 Å². The summed E-state index contributed by atoms with van der Waals surface area (Å²) in [5.74, 6) is -5.21. The van der Waals surface area contributed by atoms with E-state index in [1.165, 1.54) is 35.8 Å². The summed E-state index contributed by atoms with van der Waals surface area (Å²) in [7, 11) is 8.60. The van der Waals surface area contributed by atoms with Crippen LogP contribution in [0.1, 0.15) is 140 Å². The number of methoxy groups -OCH3 is 2. The molecule has 0 fully saturated rings. The van der Waals surface area contributed by atoms with Gasteiger partial charge in [-0.25, -0.2) is 19.2 Å². The number of rotatable bonds is 34. The van der Waals surface area contributed by atoms with Crippen LogP contribution in [-0.2, 0) is 57.3 Å². The van der Waals surface area contributed by atoms with Crippen LogP contribution >= 0.6 is 43.2 Å². The number of carbonyl (C=O) groups is 10. The van der Waals surface area contributed by atoms with Gasteiger partial charge in [0.15, 0.2) is 0 Å². The largest absolute Gasteiger partial charge is 1.00 e. The molecule has 28 heteroatoms. The minimum Gasteiger partial charge on any atom is -0.870 e. The van der Waals surface area contributed by atoms with Crippen molar-refractivity contribution in [2.24, 2.45) is 0 Å². The van der Waals surface area contributed by atoms with Crippen LogP contribution in [0.3, 0.4) is 0 Å². The van der Waals surface area contributed by atoms with E-state index in [4.69, 9.17) is 19.7 Å². The summed E-state index contributed by atoms with van der Waals surface area (Å²) in [4.78, 5) is 122. The normalized spacial score (nSPS) is 13.2. The maximum atomic E-state index is 13.1. The number of ether oxygens (including phenoxy) is 4. The Morgan fingerprint density at radius 1 is 0.479 bits per heavy atom. The van der Waals surface area contributed by atoms with Gasteiger partial charge in [0.05, 0.1) is 27.1 Å². The van der Waals surface area contributed by atoms with Gasteiger partial charge in [0.1, 0.15) is 37.4 Å². The molecule has 23 nitrogen and oxygen atoms in total. The third-order valence-electron chi connectivity index (χ3n) is 14.2. The number of carboxylic acids is 2. The number of alkyl carbamates (subject to hydrolysis) is 2. The number of fused-ring (bicyclic) bond motifs is 6. The minimum absolute atomic E-state index is 0. The Hall–Kier alpha value is -6.86. The molecule has 2 aliphatic carbocycles. The zero-order valence-electron chi connectivity index (χ0n) is 54.7. The fourth-order valence-electron chi connectivity index (χ4n) is 9.83. The smallest absolute Gasteiger partial charge is 0.870 e. The van der Waals surface area contributed by atoms with Crippen molar-refractivity contribution in [2.75, 3.05) is 52.0 Å². The first-order chi connectivity index (χ1) is 43.8. The summed E-state index contributed by atoms with van der Waals surface area (Å²) < 4.78 is 20.5. The number of aliphatic carboxylic acids is 2. The van der Waals surface area contributed by atoms with Crippen LogP contribution in [0.25, 0.3) is 22.3 Å². The Labute approximate surface area is 577 Å². The first kappa shape index (κ1) is 81.4. The molecule has 0 saturated heterocycles. The molecule has 2 aliphatic rings. The van der Waals surface area contributed by atoms with Crippen molar-refractivity contribution in [3.8, 4) is 22.3 Å². The van der Waals surface area contributed by atoms with Crippen molar-refractivity contribution in [3.63, 3.8) is 0 Å².